The molecule has 0 radical (unpaired) electrons. The van der Waals surface area contributed by atoms with Gasteiger partial charge in [0.25, 0.3) is 0 Å². The number of aromatic nitrogens is 2. The van der Waals surface area contributed by atoms with Crippen molar-refractivity contribution in [3.05, 3.63) is 18.5 Å². The fourth-order valence-corrected chi connectivity index (χ4v) is 2.16. The van der Waals surface area contributed by atoms with Crippen LogP contribution in [-0.2, 0) is 6.54 Å². The van der Waals surface area contributed by atoms with Crippen molar-refractivity contribution >= 4 is 0 Å². The molecule has 1 unspecified atom stereocenters. The van der Waals surface area contributed by atoms with Crippen molar-refractivity contribution in [1.82, 2.24) is 14.7 Å². The van der Waals surface area contributed by atoms with Crippen LogP contribution in [0.15, 0.2) is 18.5 Å². The zero-order valence-electron chi connectivity index (χ0n) is 8.98. The van der Waals surface area contributed by atoms with E-state index in [9.17, 15) is 4.39 Å². The van der Waals surface area contributed by atoms with E-state index < -0.39 is 0 Å². The average molecular weight is 211 g/mol. The van der Waals surface area contributed by atoms with Gasteiger partial charge in [-0.1, -0.05) is 0 Å². The van der Waals surface area contributed by atoms with Gasteiger partial charge in [-0.15, -0.1) is 0 Å². The second-order valence-corrected chi connectivity index (χ2v) is 4.23. The number of hydrogen-bond acceptors (Lipinski definition) is 2. The molecule has 2 rings (SSSR count). The molecule has 3 nitrogen and oxygen atoms in total. The van der Waals surface area contributed by atoms with Gasteiger partial charge in [0.2, 0.25) is 0 Å². The summed E-state index contributed by atoms with van der Waals surface area (Å²) in [5.74, 6) is 0.261. The van der Waals surface area contributed by atoms with E-state index in [-0.39, 0.29) is 12.6 Å². The molecule has 1 atom stereocenters. The third kappa shape index (κ3) is 3.02. The summed E-state index contributed by atoms with van der Waals surface area (Å²) in [6.07, 6.45) is 5.94. The highest BCUT2D eigenvalue weighted by molar-refractivity contribution is 4.78. The topological polar surface area (TPSA) is 21.1 Å². The first-order chi connectivity index (χ1) is 7.38. The van der Waals surface area contributed by atoms with Crippen molar-refractivity contribution in [1.29, 1.82) is 0 Å². The Morgan fingerprint density at radius 2 is 2.33 bits per heavy atom. The molecule has 0 N–H and O–H groups in total. The van der Waals surface area contributed by atoms with Crippen molar-refractivity contribution in [3.63, 3.8) is 0 Å². The van der Waals surface area contributed by atoms with Crippen LogP contribution in [-0.4, -0.2) is 41.0 Å². The van der Waals surface area contributed by atoms with Crippen LogP contribution in [0.2, 0.25) is 0 Å². The second kappa shape index (κ2) is 5.26. The van der Waals surface area contributed by atoms with Crippen LogP contribution in [0, 0.1) is 5.92 Å². The van der Waals surface area contributed by atoms with Gasteiger partial charge < -0.3 is 4.90 Å². The molecule has 0 amide bonds. The van der Waals surface area contributed by atoms with Gasteiger partial charge in [0, 0.05) is 31.4 Å². The Morgan fingerprint density at radius 3 is 3.07 bits per heavy atom. The molecule has 1 aromatic rings. The van der Waals surface area contributed by atoms with E-state index in [0.29, 0.717) is 0 Å². The highest BCUT2D eigenvalue weighted by Crippen LogP contribution is 2.16. The standard InChI is InChI=1S/C11H18FN3/c12-9-11-3-1-5-14(10-11)7-8-15-6-2-4-13-15/h2,4,6,11H,1,3,5,7-10H2. The van der Waals surface area contributed by atoms with E-state index in [4.69, 9.17) is 0 Å². The Balaban J connectivity index is 1.74. The molecule has 0 spiro atoms. The summed E-state index contributed by atoms with van der Waals surface area (Å²) < 4.78 is 14.5. The van der Waals surface area contributed by atoms with Crippen LogP contribution < -0.4 is 0 Å². The third-order valence-electron chi connectivity index (χ3n) is 3.03. The molecule has 0 saturated carbocycles. The Hall–Kier alpha value is -0.900. The molecule has 1 aliphatic heterocycles. The van der Waals surface area contributed by atoms with Gasteiger partial charge in [0.15, 0.2) is 0 Å². The summed E-state index contributed by atoms with van der Waals surface area (Å²) in [7, 11) is 0. The van der Waals surface area contributed by atoms with Gasteiger partial charge in [-0.3, -0.25) is 9.07 Å². The first-order valence-electron chi connectivity index (χ1n) is 5.64. The molecule has 15 heavy (non-hydrogen) atoms. The average Bonchev–Trinajstić information content (AvgIpc) is 2.79. The normalized spacial score (nSPS) is 23.1. The largest absolute Gasteiger partial charge is 0.301 e. The summed E-state index contributed by atoms with van der Waals surface area (Å²) in [4.78, 5) is 2.34. The van der Waals surface area contributed by atoms with Crippen LogP contribution in [0.5, 0.6) is 0 Å². The molecule has 0 aliphatic carbocycles. The lowest BCUT2D eigenvalue weighted by Gasteiger charge is -2.31. The molecule has 1 aliphatic rings. The molecule has 1 fully saturated rings. The van der Waals surface area contributed by atoms with Crippen molar-refractivity contribution in [2.24, 2.45) is 5.92 Å². The molecule has 0 aromatic carbocycles. The lowest BCUT2D eigenvalue weighted by atomic mass is 10.00. The zero-order valence-corrected chi connectivity index (χ0v) is 8.98. The number of nitrogens with zero attached hydrogens (tertiary/aromatic N) is 3. The number of rotatable bonds is 4. The molecular weight excluding hydrogens is 193 g/mol. The molecule has 84 valence electrons. The summed E-state index contributed by atoms with van der Waals surface area (Å²) in [6.45, 7) is 3.75. The highest BCUT2D eigenvalue weighted by Gasteiger charge is 2.19. The highest BCUT2D eigenvalue weighted by atomic mass is 19.1. The Morgan fingerprint density at radius 1 is 1.40 bits per heavy atom. The van der Waals surface area contributed by atoms with Crippen molar-refractivity contribution in [2.45, 2.75) is 19.4 Å². The fraction of sp³-hybridized carbons (Fsp3) is 0.727. The lowest BCUT2D eigenvalue weighted by Crippen LogP contribution is -2.38. The van der Waals surface area contributed by atoms with E-state index in [2.05, 4.69) is 10.00 Å². The van der Waals surface area contributed by atoms with Gasteiger partial charge in [-0.2, -0.15) is 5.10 Å². The smallest absolute Gasteiger partial charge is 0.0934 e. The van der Waals surface area contributed by atoms with Crippen molar-refractivity contribution in [3.8, 4) is 0 Å². The minimum absolute atomic E-state index is 0.168. The van der Waals surface area contributed by atoms with Crippen molar-refractivity contribution < 1.29 is 4.39 Å². The number of alkyl halides is 1. The van der Waals surface area contributed by atoms with Crippen LogP contribution in [0.25, 0.3) is 0 Å². The quantitative estimate of drug-likeness (QED) is 0.753. The maximum Gasteiger partial charge on any atom is 0.0934 e. The fourth-order valence-electron chi connectivity index (χ4n) is 2.16. The summed E-state index contributed by atoms with van der Waals surface area (Å²) >= 11 is 0. The predicted octanol–water partition coefficient (Wildman–Crippen LogP) is 1.56. The first-order valence-corrected chi connectivity index (χ1v) is 5.64. The van der Waals surface area contributed by atoms with Crippen LogP contribution >= 0.6 is 0 Å². The maximum absolute atomic E-state index is 12.5. The van der Waals surface area contributed by atoms with Crippen LogP contribution in [0.4, 0.5) is 4.39 Å². The van der Waals surface area contributed by atoms with Gasteiger partial charge in [0.1, 0.15) is 0 Å². The van der Waals surface area contributed by atoms with Gasteiger partial charge in [-0.05, 0) is 25.5 Å². The van der Waals surface area contributed by atoms with Gasteiger partial charge >= 0.3 is 0 Å². The Labute approximate surface area is 89.9 Å². The number of piperidine rings is 1. The van der Waals surface area contributed by atoms with Crippen molar-refractivity contribution in [2.75, 3.05) is 26.3 Å². The summed E-state index contributed by atoms with van der Waals surface area (Å²) in [5, 5.41) is 4.16. The Bertz CT molecular complexity index is 273. The number of hydrogen-bond donors (Lipinski definition) is 0. The number of likely N-dealkylation sites (tertiary alicyclic amines) is 1. The SMILES string of the molecule is FCC1CCCN(CCn2cccn2)C1. The minimum Gasteiger partial charge on any atom is -0.301 e. The monoisotopic (exact) mass is 211 g/mol. The molecule has 1 aromatic heterocycles. The van der Waals surface area contributed by atoms with E-state index in [1.807, 2.05) is 16.9 Å². The molecule has 1 saturated heterocycles. The van der Waals surface area contributed by atoms with Gasteiger partial charge in [0.05, 0.1) is 13.2 Å². The number of halogens is 1. The lowest BCUT2D eigenvalue weighted by molar-refractivity contribution is 0.148. The molecule has 2 heterocycles. The second-order valence-electron chi connectivity index (χ2n) is 4.23. The Kier molecular flexibility index (Phi) is 3.72. The van der Waals surface area contributed by atoms with E-state index in [1.54, 1.807) is 6.20 Å². The summed E-state index contributed by atoms with van der Waals surface area (Å²) in [5.41, 5.74) is 0. The van der Waals surface area contributed by atoms with E-state index in [1.165, 1.54) is 0 Å². The maximum atomic E-state index is 12.5. The molecule has 4 heteroatoms. The van der Waals surface area contributed by atoms with Crippen LogP contribution in [0.1, 0.15) is 12.8 Å². The van der Waals surface area contributed by atoms with E-state index >= 15 is 0 Å². The third-order valence-corrected chi connectivity index (χ3v) is 3.03. The summed E-state index contributed by atoms with van der Waals surface area (Å²) in [6, 6.07) is 1.93. The molecule has 0 bridgehead atoms. The van der Waals surface area contributed by atoms with Gasteiger partial charge in [-0.25, -0.2) is 0 Å². The minimum atomic E-state index is -0.168. The zero-order chi connectivity index (χ0) is 10.5. The predicted molar refractivity (Wildman–Crippen MR) is 57.4 cm³/mol. The first kappa shape index (κ1) is 10.6. The van der Waals surface area contributed by atoms with Crippen LogP contribution in [0.3, 0.4) is 0 Å². The van der Waals surface area contributed by atoms with E-state index in [0.717, 1.165) is 39.0 Å². The molecular formula is C11H18FN3.